The Hall–Kier alpha value is -1.30. The number of carbonyl (C=O) groups is 1. The van der Waals surface area contributed by atoms with Crippen LogP contribution in [0.1, 0.15) is 65.2 Å². The zero-order valence-electron chi connectivity index (χ0n) is 18.9. The molecule has 0 radical (unpaired) electrons. The molecular formula is C24H39ClN2O3. The number of hydrogen-bond acceptors (Lipinski definition) is 4. The number of amides is 1. The van der Waals surface area contributed by atoms with Crippen LogP contribution in [0.5, 0.6) is 5.75 Å². The largest absolute Gasteiger partial charge is 0.415 e. The second-order valence-corrected chi connectivity index (χ2v) is 8.61. The van der Waals surface area contributed by atoms with Crippen LogP contribution in [-0.4, -0.2) is 61.3 Å². The predicted octanol–water partition coefficient (Wildman–Crippen LogP) is 6.00. The minimum atomic E-state index is -0.314. The Balaban J connectivity index is 1.56. The van der Waals surface area contributed by atoms with Gasteiger partial charge >= 0.3 is 6.09 Å². The van der Waals surface area contributed by atoms with Gasteiger partial charge in [-0.05, 0) is 82.4 Å². The van der Waals surface area contributed by atoms with Gasteiger partial charge in [-0.1, -0.05) is 38.3 Å². The van der Waals surface area contributed by atoms with Crippen LogP contribution >= 0.6 is 11.6 Å². The lowest BCUT2D eigenvalue weighted by atomic mass is 9.92. The smallest absolute Gasteiger partial charge is 0.410 e. The number of carbonyl (C=O) groups excluding carboxylic acids is 1. The standard InChI is InChI=1S/C24H39ClN2O3/c1-4-27(5-2)18-8-6-7-9-19-29-22-16-12-21(13-17-22)26(3)24(28)30-23-14-10-20(25)11-15-23/h10-11,14-15,21-22H,4-9,12-13,16-19H2,1-3H3. The van der Waals surface area contributed by atoms with E-state index in [1.807, 2.05) is 7.05 Å². The molecule has 0 unspecified atom stereocenters. The summed E-state index contributed by atoms with van der Waals surface area (Å²) >= 11 is 5.87. The van der Waals surface area contributed by atoms with Gasteiger partial charge in [0.05, 0.1) is 6.10 Å². The van der Waals surface area contributed by atoms with Crippen molar-refractivity contribution in [1.29, 1.82) is 0 Å². The molecule has 0 N–H and O–H groups in total. The Bertz CT molecular complexity index is 599. The molecule has 1 aromatic carbocycles. The van der Waals surface area contributed by atoms with Gasteiger partial charge in [-0.15, -0.1) is 0 Å². The van der Waals surface area contributed by atoms with Crippen molar-refractivity contribution in [2.24, 2.45) is 0 Å². The highest BCUT2D eigenvalue weighted by molar-refractivity contribution is 6.30. The number of rotatable bonds is 12. The van der Waals surface area contributed by atoms with Gasteiger partial charge in [0.1, 0.15) is 5.75 Å². The minimum absolute atomic E-state index is 0.213. The summed E-state index contributed by atoms with van der Waals surface area (Å²) in [5, 5.41) is 0.626. The summed E-state index contributed by atoms with van der Waals surface area (Å²) in [6.07, 6.45) is 8.90. The van der Waals surface area contributed by atoms with E-state index in [0.717, 1.165) is 51.8 Å². The average Bonchev–Trinajstić information content (AvgIpc) is 2.77. The lowest BCUT2D eigenvalue weighted by Gasteiger charge is -2.34. The number of ether oxygens (including phenoxy) is 2. The maximum atomic E-state index is 12.4. The summed E-state index contributed by atoms with van der Waals surface area (Å²) in [5.74, 6) is 0.519. The fraction of sp³-hybridized carbons (Fsp3) is 0.708. The molecular weight excluding hydrogens is 400 g/mol. The second kappa shape index (κ2) is 13.9. The van der Waals surface area contributed by atoms with E-state index in [1.165, 1.54) is 25.8 Å². The Morgan fingerprint density at radius 2 is 1.63 bits per heavy atom. The summed E-state index contributed by atoms with van der Waals surface area (Å²) in [5.41, 5.74) is 0. The van der Waals surface area contributed by atoms with Gasteiger partial charge in [-0.2, -0.15) is 0 Å². The van der Waals surface area contributed by atoms with Crippen molar-refractivity contribution in [3.05, 3.63) is 29.3 Å². The summed E-state index contributed by atoms with van der Waals surface area (Å²) in [7, 11) is 1.82. The number of nitrogens with zero attached hydrogens (tertiary/aromatic N) is 2. The molecule has 0 bridgehead atoms. The molecule has 30 heavy (non-hydrogen) atoms. The minimum Gasteiger partial charge on any atom is -0.410 e. The number of benzene rings is 1. The van der Waals surface area contributed by atoms with Gasteiger partial charge < -0.3 is 19.3 Å². The van der Waals surface area contributed by atoms with E-state index < -0.39 is 0 Å². The molecule has 5 nitrogen and oxygen atoms in total. The molecule has 1 fully saturated rings. The molecule has 1 aromatic rings. The zero-order chi connectivity index (χ0) is 21.8. The summed E-state index contributed by atoms with van der Waals surface area (Å²) in [6, 6.07) is 7.07. The van der Waals surface area contributed by atoms with Crippen molar-refractivity contribution in [1.82, 2.24) is 9.80 Å². The number of halogens is 1. The summed E-state index contributed by atoms with van der Waals surface area (Å²) in [6.45, 7) is 8.83. The fourth-order valence-electron chi connectivity index (χ4n) is 4.00. The van der Waals surface area contributed by atoms with Crippen molar-refractivity contribution in [2.45, 2.75) is 77.4 Å². The molecule has 0 saturated heterocycles. The topological polar surface area (TPSA) is 42.0 Å². The Morgan fingerprint density at radius 3 is 2.27 bits per heavy atom. The van der Waals surface area contributed by atoms with Crippen molar-refractivity contribution >= 4 is 17.7 Å². The zero-order valence-corrected chi connectivity index (χ0v) is 19.7. The monoisotopic (exact) mass is 438 g/mol. The van der Waals surface area contributed by atoms with Crippen LogP contribution in [0.15, 0.2) is 24.3 Å². The van der Waals surface area contributed by atoms with Crippen molar-refractivity contribution < 1.29 is 14.3 Å². The number of hydrogen-bond donors (Lipinski definition) is 0. The van der Waals surface area contributed by atoms with E-state index in [1.54, 1.807) is 29.2 Å². The van der Waals surface area contributed by atoms with Gasteiger partial charge in [0.25, 0.3) is 0 Å². The molecule has 2 rings (SSSR count). The quantitative estimate of drug-likeness (QED) is 0.375. The Morgan fingerprint density at radius 1 is 1.00 bits per heavy atom. The lowest BCUT2D eigenvalue weighted by Crippen LogP contribution is -2.42. The third-order valence-electron chi connectivity index (χ3n) is 6.11. The van der Waals surface area contributed by atoms with Crippen molar-refractivity contribution in [3.63, 3.8) is 0 Å². The third kappa shape index (κ3) is 8.83. The lowest BCUT2D eigenvalue weighted by molar-refractivity contribution is 0.0104. The van der Waals surface area contributed by atoms with Crippen molar-refractivity contribution in [3.8, 4) is 5.75 Å². The average molecular weight is 439 g/mol. The first kappa shape index (κ1) is 25.0. The SMILES string of the molecule is CCN(CC)CCCCCCOC1CCC(N(C)C(=O)Oc2ccc(Cl)cc2)CC1. The van der Waals surface area contributed by atoms with E-state index in [9.17, 15) is 4.79 Å². The molecule has 170 valence electrons. The Kier molecular flexibility index (Phi) is 11.6. The molecule has 1 amide bonds. The fourth-order valence-corrected chi connectivity index (χ4v) is 4.13. The first-order valence-corrected chi connectivity index (χ1v) is 11.9. The molecule has 0 atom stereocenters. The highest BCUT2D eigenvalue weighted by atomic mass is 35.5. The van der Waals surface area contributed by atoms with E-state index in [-0.39, 0.29) is 12.1 Å². The summed E-state index contributed by atoms with van der Waals surface area (Å²) in [4.78, 5) is 16.6. The molecule has 0 aliphatic heterocycles. The number of unbranched alkanes of at least 4 members (excludes halogenated alkanes) is 3. The third-order valence-corrected chi connectivity index (χ3v) is 6.37. The highest BCUT2D eigenvalue weighted by Crippen LogP contribution is 2.26. The van der Waals surface area contributed by atoms with Crippen LogP contribution in [0.2, 0.25) is 5.02 Å². The molecule has 1 aliphatic rings. The molecule has 0 aromatic heterocycles. The Labute approximate surface area is 187 Å². The van der Waals surface area contributed by atoms with Crippen LogP contribution in [0.4, 0.5) is 4.79 Å². The molecule has 6 heteroatoms. The second-order valence-electron chi connectivity index (χ2n) is 8.18. The molecule has 1 saturated carbocycles. The maximum Gasteiger partial charge on any atom is 0.415 e. The molecule has 0 heterocycles. The van der Waals surface area contributed by atoms with Gasteiger partial charge in [-0.25, -0.2) is 4.79 Å². The van der Waals surface area contributed by atoms with E-state index >= 15 is 0 Å². The van der Waals surface area contributed by atoms with Crippen molar-refractivity contribution in [2.75, 3.05) is 33.3 Å². The van der Waals surface area contributed by atoms with Gasteiger partial charge in [0.2, 0.25) is 0 Å². The molecule has 0 spiro atoms. The van der Waals surface area contributed by atoms with E-state index in [4.69, 9.17) is 21.1 Å². The predicted molar refractivity (Wildman–Crippen MR) is 123 cm³/mol. The normalized spacial score (nSPS) is 19.1. The van der Waals surface area contributed by atoms with Crippen LogP contribution in [-0.2, 0) is 4.74 Å². The van der Waals surface area contributed by atoms with Crippen LogP contribution in [0, 0.1) is 0 Å². The molecule has 1 aliphatic carbocycles. The highest BCUT2D eigenvalue weighted by Gasteiger charge is 2.27. The van der Waals surface area contributed by atoms with E-state index in [2.05, 4.69) is 18.7 Å². The van der Waals surface area contributed by atoms with Gasteiger partial charge in [-0.3, -0.25) is 0 Å². The maximum absolute atomic E-state index is 12.4. The van der Waals surface area contributed by atoms with E-state index in [0.29, 0.717) is 16.9 Å². The van der Waals surface area contributed by atoms with Gasteiger partial charge in [0.15, 0.2) is 0 Å². The summed E-state index contributed by atoms with van der Waals surface area (Å²) < 4.78 is 11.5. The van der Waals surface area contributed by atoms with Crippen LogP contribution < -0.4 is 4.74 Å². The van der Waals surface area contributed by atoms with Crippen LogP contribution in [0.25, 0.3) is 0 Å². The van der Waals surface area contributed by atoms with Crippen LogP contribution in [0.3, 0.4) is 0 Å². The first-order chi connectivity index (χ1) is 14.5. The van der Waals surface area contributed by atoms with Gasteiger partial charge in [0, 0.05) is 24.7 Å². The first-order valence-electron chi connectivity index (χ1n) is 11.6.